The number of hydrogen-bond donors (Lipinski definition) is 1. The maximum absolute atomic E-state index is 5.98. The summed E-state index contributed by atoms with van der Waals surface area (Å²) in [4.78, 5) is 3.68. The highest BCUT2D eigenvalue weighted by Crippen LogP contribution is 2.32. The Morgan fingerprint density at radius 3 is 2.86 bits per heavy atom. The average molecular weight is 296 g/mol. The van der Waals surface area contributed by atoms with Gasteiger partial charge < -0.3 is 5.32 Å². The van der Waals surface area contributed by atoms with Gasteiger partial charge in [-0.05, 0) is 29.0 Å². The van der Waals surface area contributed by atoms with Crippen LogP contribution in [-0.4, -0.2) is 31.1 Å². The number of thiophene rings is 1. The van der Waals surface area contributed by atoms with Gasteiger partial charge in [-0.1, -0.05) is 11.6 Å². The molecule has 5 heteroatoms. The Morgan fingerprint density at radius 2 is 2.43 bits per heavy atom. The lowest BCUT2D eigenvalue weighted by molar-refractivity contribution is 0.174. The Kier molecular flexibility index (Phi) is 3.50. The molecule has 1 fully saturated rings. The van der Waals surface area contributed by atoms with Gasteiger partial charge in [0.05, 0.1) is 0 Å². The van der Waals surface area contributed by atoms with Crippen molar-refractivity contribution in [2.75, 3.05) is 20.1 Å². The van der Waals surface area contributed by atoms with E-state index in [4.69, 9.17) is 11.6 Å². The number of halogens is 2. The van der Waals surface area contributed by atoms with Crippen LogP contribution in [0.5, 0.6) is 0 Å². The summed E-state index contributed by atoms with van der Waals surface area (Å²) < 4.78 is 1.86. The molecule has 14 heavy (non-hydrogen) atoms. The smallest absolute Gasteiger partial charge is 0.107 e. The SMILES string of the molecule is CN(Cc1cc(Br)c(Cl)s1)C1CNC1. The predicted octanol–water partition coefficient (Wildman–Crippen LogP) is 2.57. The Morgan fingerprint density at radius 1 is 1.71 bits per heavy atom. The molecule has 1 saturated heterocycles. The summed E-state index contributed by atoms with van der Waals surface area (Å²) >= 11 is 11.1. The van der Waals surface area contributed by atoms with Gasteiger partial charge in [-0.3, -0.25) is 4.90 Å². The van der Waals surface area contributed by atoms with Gasteiger partial charge in [0.2, 0.25) is 0 Å². The molecule has 2 heterocycles. The van der Waals surface area contributed by atoms with Gasteiger partial charge in [0.15, 0.2) is 0 Å². The average Bonchev–Trinajstić information content (AvgIpc) is 2.26. The quantitative estimate of drug-likeness (QED) is 0.922. The van der Waals surface area contributed by atoms with Crippen molar-refractivity contribution in [1.82, 2.24) is 10.2 Å². The fourth-order valence-corrected chi connectivity index (χ4v) is 3.28. The molecular formula is C9H12BrClN2S. The molecule has 0 spiro atoms. The van der Waals surface area contributed by atoms with Crippen molar-refractivity contribution < 1.29 is 0 Å². The third-order valence-electron chi connectivity index (χ3n) is 2.48. The van der Waals surface area contributed by atoms with Gasteiger partial charge in [-0.25, -0.2) is 0 Å². The van der Waals surface area contributed by atoms with Crippen LogP contribution in [0.1, 0.15) is 4.88 Å². The van der Waals surface area contributed by atoms with Gasteiger partial charge in [0.1, 0.15) is 4.34 Å². The first-order valence-corrected chi connectivity index (χ1v) is 6.50. The Balaban J connectivity index is 1.95. The second-order valence-corrected chi connectivity index (χ2v) is 6.15. The van der Waals surface area contributed by atoms with Crippen molar-refractivity contribution in [2.45, 2.75) is 12.6 Å². The van der Waals surface area contributed by atoms with E-state index < -0.39 is 0 Å². The molecule has 0 unspecified atom stereocenters. The first kappa shape index (κ1) is 10.9. The molecule has 0 aliphatic carbocycles. The van der Waals surface area contributed by atoms with Gasteiger partial charge in [0, 0.05) is 35.0 Å². The number of nitrogens with one attached hydrogen (secondary N) is 1. The summed E-state index contributed by atoms with van der Waals surface area (Å²) in [5.74, 6) is 0. The fourth-order valence-electron chi connectivity index (χ4n) is 1.43. The zero-order valence-corrected chi connectivity index (χ0v) is 11.0. The largest absolute Gasteiger partial charge is 0.314 e. The highest BCUT2D eigenvalue weighted by Gasteiger charge is 2.21. The standard InChI is InChI=1S/C9H12BrClN2S/c1-13(6-3-12-4-6)5-7-2-8(10)9(11)14-7/h2,6,12H,3-5H2,1H3. The summed E-state index contributed by atoms with van der Waals surface area (Å²) in [7, 11) is 2.16. The van der Waals surface area contributed by atoms with Crippen LogP contribution in [0.3, 0.4) is 0 Å². The summed E-state index contributed by atoms with van der Waals surface area (Å²) in [5, 5.41) is 3.27. The monoisotopic (exact) mass is 294 g/mol. The first-order chi connectivity index (χ1) is 6.66. The second-order valence-electron chi connectivity index (χ2n) is 3.56. The van der Waals surface area contributed by atoms with Gasteiger partial charge in [-0.15, -0.1) is 11.3 Å². The first-order valence-electron chi connectivity index (χ1n) is 4.51. The van der Waals surface area contributed by atoms with Crippen LogP contribution in [0, 0.1) is 0 Å². The van der Waals surface area contributed by atoms with E-state index in [0.29, 0.717) is 6.04 Å². The second kappa shape index (κ2) is 4.49. The van der Waals surface area contributed by atoms with E-state index in [9.17, 15) is 0 Å². The van der Waals surface area contributed by atoms with Crippen LogP contribution < -0.4 is 5.32 Å². The normalized spacial score (nSPS) is 17.4. The maximum atomic E-state index is 5.98. The van der Waals surface area contributed by atoms with E-state index in [0.717, 1.165) is 28.4 Å². The molecule has 1 aliphatic rings. The van der Waals surface area contributed by atoms with Crippen molar-refractivity contribution in [3.8, 4) is 0 Å². The van der Waals surface area contributed by atoms with Crippen LogP contribution in [-0.2, 0) is 6.54 Å². The van der Waals surface area contributed by atoms with Crippen molar-refractivity contribution in [1.29, 1.82) is 0 Å². The molecule has 78 valence electrons. The number of likely N-dealkylation sites (N-methyl/N-ethyl adjacent to an activating group) is 1. The Bertz CT molecular complexity index is 305. The summed E-state index contributed by atoms with van der Waals surface area (Å²) in [6.07, 6.45) is 0. The third-order valence-corrected chi connectivity index (χ3v) is 4.94. The lowest BCUT2D eigenvalue weighted by atomic mass is 10.1. The van der Waals surface area contributed by atoms with Crippen LogP contribution in [0.25, 0.3) is 0 Å². The molecule has 0 saturated carbocycles. The summed E-state index contributed by atoms with van der Waals surface area (Å²) in [6.45, 7) is 3.20. The highest BCUT2D eigenvalue weighted by molar-refractivity contribution is 9.10. The molecule has 0 aromatic carbocycles. The van der Waals surface area contributed by atoms with E-state index in [2.05, 4.69) is 39.3 Å². The lowest BCUT2D eigenvalue weighted by Crippen LogP contribution is -2.55. The van der Waals surface area contributed by atoms with Gasteiger partial charge in [0.25, 0.3) is 0 Å². The number of rotatable bonds is 3. The van der Waals surface area contributed by atoms with Crippen LogP contribution in [0.15, 0.2) is 10.5 Å². The topological polar surface area (TPSA) is 15.3 Å². The van der Waals surface area contributed by atoms with E-state index in [-0.39, 0.29) is 0 Å². The Labute approximate surface area is 101 Å². The molecule has 1 N–H and O–H groups in total. The highest BCUT2D eigenvalue weighted by atomic mass is 79.9. The predicted molar refractivity (Wildman–Crippen MR) is 65.2 cm³/mol. The van der Waals surface area contributed by atoms with Gasteiger partial charge >= 0.3 is 0 Å². The molecular weight excluding hydrogens is 284 g/mol. The van der Waals surface area contributed by atoms with Crippen molar-refractivity contribution in [2.24, 2.45) is 0 Å². The van der Waals surface area contributed by atoms with Crippen molar-refractivity contribution >= 4 is 38.9 Å². The Hall–Kier alpha value is 0.390. The van der Waals surface area contributed by atoms with Crippen molar-refractivity contribution in [3.63, 3.8) is 0 Å². The molecule has 1 aromatic heterocycles. The molecule has 0 radical (unpaired) electrons. The zero-order chi connectivity index (χ0) is 10.1. The van der Waals surface area contributed by atoms with E-state index in [1.165, 1.54) is 4.88 Å². The molecule has 1 aliphatic heterocycles. The molecule has 0 atom stereocenters. The van der Waals surface area contributed by atoms with E-state index in [1.807, 2.05) is 0 Å². The maximum Gasteiger partial charge on any atom is 0.107 e. The van der Waals surface area contributed by atoms with Crippen LogP contribution in [0.2, 0.25) is 4.34 Å². The minimum Gasteiger partial charge on any atom is -0.314 e. The fraction of sp³-hybridized carbons (Fsp3) is 0.556. The van der Waals surface area contributed by atoms with Gasteiger partial charge in [-0.2, -0.15) is 0 Å². The van der Waals surface area contributed by atoms with E-state index >= 15 is 0 Å². The number of hydrogen-bond acceptors (Lipinski definition) is 3. The van der Waals surface area contributed by atoms with Crippen molar-refractivity contribution in [3.05, 3.63) is 19.8 Å². The minimum absolute atomic E-state index is 0.689. The summed E-state index contributed by atoms with van der Waals surface area (Å²) in [6, 6.07) is 2.80. The van der Waals surface area contributed by atoms with Crippen LogP contribution >= 0.6 is 38.9 Å². The van der Waals surface area contributed by atoms with E-state index in [1.54, 1.807) is 11.3 Å². The number of nitrogens with zero attached hydrogens (tertiary/aromatic N) is 1. The zero-order valence-electron chi connectivity index (χ0n) is 7.89. The van der Waals surface area contributed by atoms with Crippen LogP contribution in [0.4, 0.5) is 0 Å². The third kappa shape index (κ3) is 2.31. The summed E-state index contributed by atoms with van der Waals surface area (Å²) in [5.41, 5.74) is 0. The molecule has 0 amide bonds. The molecule has 2 nitrogen and oxygen atoms in total. The molecule has 2 rings (SSSR count). The minimum atomic E-state index is 0.689. The lowest BCUT2D eigenvalue weighted by Gasteiger charge is -2.35. The molecule has 0 bridgehead atoms. The molecule has 1 aromatic rings.